The van der Waals surface area contributed by atoms with E-state index in [1.54, 1.807) is 0 Å². The predicted octanol–water partition coefficient (Wildman–Crippen LogP) is 2.57. The van der Waals surface area contributed by atoms with Crippen LogP contribution < -0.4 is 0 Å². The molecule has 96 valence electrons. The Morgan fingerprint density at radius 1 is 1.25 bits per heavy atom. The minimum atomic E-state index is -3.47. The smallest absolute Gasteiger partial charge is 0.264 e. The number of alkyl halides is 2. The van der Waals surface area contributed by atoms with Gasteiger partial charge in [0.15, 0.2) is 0 Å². The highest BCUT2D eigenvalue weighted by atomic mass is 32.2. The van der Waals surface area contributed by atoms with E-state index in [4.69, 9.17) is 4.18 Å². The van der Waals surface area contributed by atoms with Crippen molar-refractivity contribution in [2.75, 3.05) is 6.26 Å². The zero-order chi connectivity index (χ0) is 12.4. The first-order valence-corrected chi connectivity index (χ1v) is 7.32. The predicted molar refractivity (Wildman–Crippen MR) is 56.9 cm³/mol. The van der Waals surface area contributed by atoms with Crippen molar-refractivity contribution in [3.05, 3.63) is 0 Å². The molecule has 0 amide bonds. The van der Waals surface area contributed by atoms with Crippen molar-refractivity contribution >= 4 is 10.1 Å². The van der Waals surface area contributed by atoms with Gasteiger partial charge >= 0.3 is 0 Å². The summed E-state index contributed by atoms with van der Waals surface area (Å²) in [5.74, 6) is -3.26. The molecule has 1 aliphatic rings. The van der Waals surface area contributed by atoms with E-state index in [2.05, 4.69) is 0 Å². The summed E-state index contributed by atoms with van der Waals surface area (Å²) >= 11 is 0. The van der Waals surface area contributed by atoms with Crippen molar-refractivity contribution in [1.82, 2.24) is 0 Å². The largest absolute Gasteiger partial charge is 0.267 e. The second-order valence-electron chi connectivity index (χ2n) is 4.39. The molecule has 0 aromatic rings. The number of hydrogen-bond donors (Lipinski definition) is 0. The first-order chi connectivity index (χ1) is 7.24. The lowest BCUT2D eigenvalue weighted by Gasteiger charge is -2.32. The summed E-state index contributed by atoms with van der Waals surface area (Å²) < 4.78 is 53.2. The van der Waals surface area contributed by atoms with Crippen molar-refractivity contribution in [2.45, 2.75) is 51.1 Å². The molecular weight excluding hydrogens is 238 g/mol. The van der Waals surface area contributed by atoms with Crippen LogP contribution in [-0.4, -0.2) is 26.7 Å². The molecule has 1 aliphatic carbocycles. The highest BCUT2D eigenvalue weighted by molar-refractivity contribution is 7.86. The molecule has 1 rings (SSSR count). The molecule has 6 heteroatoms. The van der Waals surface area contributed by atoms with Gasteiger partial charge in [0.1, 0.15) is 0 Å². The van der Waals surface area contributed by atoms with Crippen LogP contribution in [0, 0.1) is 5.92 Å². The Hall–Kier alpha value is -0.230. The summed E-state index contributed by atoms with van der Waals surface area (Å²) in [6.07, 6.45) is 1.87. The fourth-order valence-electron chi connectivity index (χ4n) is 2.12. The van der Waals surface area contributed by atoms with Crippen LogP contribution in [0.2, 0.25) is 0 Å². The van der Waals surface area contributed by atoms with E-state index in [0.29, 0.717) is 25.7 Å². The Morgan fingerprint density at radius 2 is 1.75 bits per heavy atom. The van der Waals surface area contributed by atoms with Crippen molar-refractivity contribution < 1.29 is 21.4 Å². The van der Waals surface area contributed by atoms with Crippen LogP contribution in [0.1, 0.15) is 39.0 Å². The van der Waals surface area contributed by atoms with Gasteiger partial charge in [0.25, 0.3) is 16.0 Å². The molecule has 0 aliphatic heterocycles. The molecule has 0 radical (unpaired) electrons. The maximum atomic E-state index is 13.3. The number of halogens is 2. The second kappa shape index (κ2) is 4.96. The first-order valence-electron chi connectivity index (χ1n) is 5.50. The van der Waals surface area contributed by atoms with Crippen LogP contribution in [0.4, 0.5) is 8.78 Å². The van der Waals surface area contributed by atoms with Crippen LogP contribution in [0.5, 0.6) is 0 Å². The van der Waals surface area contributed by atoms with Crippen LogP contribution in [-0.2, 0) is 14.3 Å². The lowest BCUT2D eigenvalue weighted by atomic mass is 9.82. The molecular formula is C10H18F2O3S. The molecule has 0 N–H and O–H groups in total. The fourth-order valence-corrected chi connectivity index (χ4v) is 2.80. The summed E-state index contributed by atoms with van der Waals surface area (Å²) in [6.45, 7) is 1.47. The van der Waals surface area contributed by atoms with Crippen LogP contribution in [0.25, 0.3) is 0 Å². The van der Waals surface area contributed by atoms with Gasteiger partial charge in [0, 0.05) is 12.3 Å². The van der Waals surface area contributed by atoms with Gasteiger partial charge in [-0.05, 0) is 25.7 Å². The summed E-state index contributed by atoms with van der Waals surface area (Å²) in [5.41, 5.74) is 0. The standard InChI is InChI=1S/C10H18F2O3S/c1-3-10(11,12)8-4-6-9(7-5-8)15-16(2,13)14/h8-9H,3-7H2,1-2H3/t8-,9+. The molecule has 1 fully saturated rings. The molecule has 1 saturated carbocycles. The molecule has 0 heterocycles. The quantitative estimate of drug-likeness (QED) is 0.726. The van der Waals surface area contributed by atoms with E-state index >= 15 is 0 Å². The second-order valence-corrected chi connectivity index (χ2v) is 5.99. The zero-order valence-electron chi connectivity index (χ0n) is 9.58. The minimum absolute atomic E-state index is 0.157. The van der Waals surface area contributed by atoms with Gasteiger partial charge < -0.3 is 0 Å². The Bertz CT molecular complexity index is 319. The Kier molecular flexibility index (Phi) is 4.29. The fraction of sp³-hybridized carbons (Fsp3) is 1.00. The molecule has 0 aromatic carbocycles. The summed E-state index contributed by atoms with van der Waals surface area (Å²) in [4.78, 5) is 0. The van der Waals surface area contributed by atoms with Gasteiger partial charge in [-0.2, -0.15) is 8.42 Å². The van der Waals surface area contributed by atoms with Crippen LogP contribution >= 0.6 is 0 Å². The molecule has 0 atom stereocenters. The molecule has 0 saturated heterocycles. The maximum Gasteiger partial charge on any atom is 0.264 e. The molecule has 0 bridgehead atoms. The van der Waals surface area contributed by atoms with Gasteiger partial charge in [-0.15, -0.1) is 0 Å². The van der Waals surface area contributed by atoms with Gasteiger partial charge in [-0.3, -0.25) is 4.18 Å². The highest BCUT2D eigenvalue weighted by Gasteiger charge is 2.40. The third-order valence-corrected chi connectivity index (χ3v) is 3.68. The lowest BCUT2D eigenvalue weighted by molar-refractivity contribution is -0.0814. The topological polar surface area (TPSA) is 43.4 Å². The monoisotopic (exact) mass is 256 g/mol. The molecule has 0 aromatic heterocycles. The van der Waals surface area contributed by atoms with E-state index in [1.807, 2.05) is 0 Å². The SMILES string of the molecule is CCC(F)(F)[C@H]1CC[C@@H](OS(C)(=O)=O)CC1. The summed E-state index contributed by atoms with van der Waals surface area (Å²) in [5, 5.41) is 0. The normalized spacial score (nSPS) is 28.0. The van der Waals surface area contributed by atoms with E-state index in [0.717, 1.165) is 6.26 Å². The van der Waals surface area contributed by atoms with Crippen molar-refractivity contribution in [2.24, 2.45) is 5.92 Å². The maximum absolute atomic E-state index is 13.3. The number of hydrogen-bond acceptors (Lipinski definition) is 3. The number of rotatable bonds is 4. The average Bonchev–Trinajstić information content (AvgIpc) is 2.16. The molecule has 16 heavy (non-hydrogen) atoms. The van der Waals surface area contributed by atoms with Gasteiger partial charge in [-0.25, -0.2) is 8.78 Å². The van der Waals surface area contributed by atoms with Gasteiger partial charge in [-0.1, -0.05) is 6.92 Å². The van der Waals surface area contributed by atoms with Gasteiger partial charge in [0.2, 0.25) is 0 Å². The molecule has 0 spiro atoms. The molecule has 3 nitrogen and oxygen atoms in total. The Balaban J connectivity index is 2.46. The van der Waals surface area contributed by atoms with E-state index in [1.165, 1.54) is 6.92 Å². The summed E-state index contributed by atoms with van der Waals surface area (Å²) in [7, 11) is -3.47. The lowest BCUT2D eigenvalue weighted by Crippen LogP contribution is -2.33. The van der Waals surface area contributed by atoms with Crippen LogP contribution in [0.3, 0.4) is 0 Å². The summed E-state index contributed by atoms with van der Waals surface area (Å²) in [6, 6.07) is 0. The van der Waals surface area contributed by atoms with Crippen molar-refractivity contribution in [3.63, 3.8) is 0 Å². The van der Waals surface area contributed by atoms with Gasteiger partial charge in [0.05, 0.1) is 12.4 Å². The first kappa shape index (κ1) is 13.8. The third kappa shape index (κ3) is 3.97. The van der Waals surface area contributed by atoms with E-state index in [-0.39, 0.29) is 6.42 Å². The third-order valence-electron chi connectivity index (χ3n) is 3.05. The van der Waals surface area contributed by atoms with Crippen LogP contribution in [0.15, 0.2) is 0 Å². The van der Waals surface area contributed by atoms with E-state index in [9.17, 15) is 17.2 Å². The highest BCUT2D eigenvalue weighted by Crippen LogP contribution is 2.39. The minimum Gasteiger partial charge on any atom is -0.267 e. The van der Waals surface area contributed by atoms with Crippen molar-refractivity contribution in [1.29, 1.82) is 0 Å². The Labute approximate surface area is 95.3 Å². The Morgan fingerprint density at radius 3 is 2.12 bits per heavy atom. The average molecular weight is 256 g/mol. The van der Waals surface area contributed by atoms with Crippen molar-refractivity contribution in [3.8, 4) is 0 Å². The molecule has 0 unspecified atom stereocenters. The van der Waals surface area contributed by atoms with E-state index < -0.39 is 28.1 Å². The zero-order valence-corrected chi connectivity index (χ0v) is 10.4.